The Morgan fingerprint density at radius 2 is 0.860 bits per heavy atom. The van der Waals surface area contributed by atoms with Gasteiger partial charge in [-0.05, 0) is 134 Å². The molecule has 1 aromatic rings. The second-order valence-corrected chi connectivity index (χ2v) is 18.7. The Kier molecular flexibility index (Phi) is 92.0. The number of nitrogens with zero attached hydrogens (tertiary/aromatic N) is 1. The van der Waals surface area contributed by atoms with Crippen LogP contribution < -0.4 is 5.32 Å². The highest BCUT2D eigenvalue weighted by molar-refractivity contribution is 8.23. The zero-order valence-electron chi connectivity index (χ0n) is 39.0. The van der Waals surface area contributed by atoms with Gasteiger partial charge in [-0.25, -0.2) is 0 Å². The summed E-state index contributed by atoms with van der Waals surface area (Å²) in [6.45, 7) is 29.8. The summed E-state index contributed by atoms with van der Waals surface area (Å²) in [4.78, 5) is 53.8. The van der Waals surface area contributed by atoms with Crippen LogP contribution in [0.4, 0.5) is 0 Å². The van der Waals surface area contributed by atoms with Crippen molar-refractivity contribution in [2.75, 3.05) is 40.3 Å². The lowest BCUT2D eigenvalue weighted by molar-refractivity contribution is -0.126. The molecule has 57 heavy (non-hydrogen) atoms. The number of thiocarbonyl (C=S) groups is 6. The highest BCUT2D eigenvalue weighted by Gasteiger charge is 1.93. The van der Waals surface area contributed by atoms with Crippen molar-refractivity contribution in [1.82, 2.24) is 10.2 Å². The fraction of sp³-hybridized carbons (Fsp3) is 0.585. The summed E-state index contributed by atoms with van der Waals surface area (Å²) in [6.07, 6.45) is 2.53. The van der Waals surface area contributed by atoms with Crippen LogP contribution in [0.2, 0.25) is 0 Å². The topological polar surface area (TPSA) is 110 Å². The van der Waals surface area contributed by atoms with E-state index in [4.69, 9.17) is 12.2 Å². The van der Waals surface area contributed by atoms with Crippen LogP contribution in [0.25, 0.3) is 0 Å². The number of carbonyl (C=O) groups is 5. The summed E-state index contributed by atoms with van der Waals surface area (Å²) >= 11 is 30.8. The summed E-state index contributed by atoms with van der Waals surface area (Å²) in [6, 6.07) is 9.75. The molecule has 2 amide bonds. The lowest BCUT2D eigenvalue weighted by Crippen LogP contribution is -2.17. The molecule has 0 spiro atoms. The maximum Gasteiger partial charge on any atom is 0.218 e. The molecule has 334 valence electrons. The van der Waals surface area contributed by atoms with E-state index in [2.05, 4.69) is 78.1 Å². The Morgan fingerprint density at radius 3 is 0.947 bits per heavy atom. The third kappa shape index (κ3) is 274. The fourth-order valence-corrected chi connectivity index (χ4v) is 1.85. The minimum Gasteiger partial charge on any atom is -0.491 e. The number of thioether (sulfide) groups is 2. The first-order chi connectivity index (χ1) is 25.7. The smallest absolute Gasteiger partial charge is 0.218 e. The van der Waals surface area contributed by atoms with Gasteiger partial charge in [0.2, 0.25) is 11.8 Å². The molecule has 16 heteroatoms. The zero-order chi connectivity index (χ0) is 48.3. The van der Waals surface area contributed by atoms with E-state index < -0.39 is 0 Å². The highest BCUT2D eigenvalue weighted by atomic mass is 32.2. The molecule has 0 unspecified atom stereocenters. The van der Waals surface area contributed by atoms with Gasteiger partial charge in [0.25, 0.3) is 0 Å². The summed E-state index contributed by atoms with van der Waals surface area (Å²) in [5.41, 5.74) is 1.09. The molecule has 8 nitrogen and oxygen atoms in total. The van der Waals surface area contributed by atoms with Crippen molar-refractivity contribution in [1.29, 1.82) is 0 Å². The number of rotatable bonds is 3. The maximum absolute atomic E-state index is 10.6. The van der Waals surface area contributed by atoms with Crippen LogP contribution in [0.5, 0.6) is 0 Å². The van der Waals surface area contributed by atoms with Crippen LogP contribution >= 0.6 is 96.8 Å². The number of hydrogen-bond acceptors (Lipinski definition) is 14. The third-order valence-corrected chi connectivity index (χ3v) is 5.49. The van der Waals surface area contributed by atoms with Gasteiger partial charge in [-0.15, -0.1) is 23.5 Å². The molecule has 0 atom stereocenters. The average Bonchev–Trinajstić information content (AvgIpc) is 3.01. The largest absolute Gasteiger partial charge is 0.491 e. The number of Topliss-reactive ketones (excluding diaryl/α,β-unsaturated/α-hetero) is 3. The number of nitrogens with one attached hydrogen (secondary N) is 1. The Bertz CT molecular complexity index is 1100. The average molecular weight is 950 g/mol. The molecule has 0 aliphatic heterocycles. The second kappa shape index (κ2) is 66.0. The Labute approximate surface area is 390 Å². The molecule has 1 rings (SSSR count). The van der Waals surface area contributed by atoms with Gasteiger partial charge < -0.3 is 24.5 Å². The molecule has 0 bridgehead atoms. The number of benzene rings is 1. The molecule has 0 aromatic heterocycles. The monoisotopic (exact) mass is 948 g/mol. The van der Waals surface area contributed by atoms with Gasteiger partial charge in [-0.3, -0.25) is 14.4 Å². The molecular formula is C41H76N2O6S8. The van der Waals surface area contributed by atoms with Crippen molar-refractivity contribution >= 4 is 154 Å². The summed E-state index contributed by atoms with van der Waals surface area (Å²) in [5, 5.41) is 2.98. The standard InChI is InChI=1S/C9H10O.C4H9NO.C4H8S2.C3H7NO.C3H6OS.2C3H6O.C3H6S2.3C3H6S/c1-8(10)7-9-5-3-2-4-6-9;1-4(6)5(2)3;1-3-6-4(2)5;2*1-3(5)4-2;2*1-3(2)4;1-3(4)5-2;3*1-3(2)4/h2-6H,7H2,1H3;1-3H3;3H2,1-2H3;1-2H3,(H,4,5);1-2H3;2*1-2H3;1-2H3;3*1-2H3. The Morgan fingerprint density at radius 1 is 0.632 bits per heavy atom. The van der Waals surface area contributed by atoms with Gasteiger partial charge >= 0.3 is 0 Å². The summed E-state index contributed by atoms with van der Waals surface area (Å²) in [7, 11) is 6.61. The SMILES string of the molecule is CC(=O)Cc1ccccc1.CC(=O)N(C)C.CC(C)=O.CC(C)=O.CC(C)=S.CC(C)=S.CC(C)=S.CCSC(C)=S.CNC(C)=O.COC(C)=S.CSC(C)=S. The quantitative estimate of drug-likeness (QED) is 0.290. The van der Waals surface area contributed by atoms with Crippen molar-refractivity contribution in [3.05, 3.63) is 35.9 Å². The van der Waals surface area contributed by atoms with Gasteiger partial charge in [0.1, 0.15) is 17.3 Å². The maximum atomic E-state index is 10.6. The van der Waals surface area contributed by atoms with Gasteiger partial charge in [-0.2, -0.15) is 0 Å². The number of hydrogen-bond donors (Lipinski definition) is 1. The Balaban J connectivity index is -0.0000000542. The van der Waals surface area contributed by atoms with Crippen LogP contribution in [0.15, 0.2) is 30.3 Å². The van der Waals surface area contributed by atoms with Crippen molar-refractivity contribution in [3.63, 3.8) is 0 Å². The Hall–Kier alpha value is -1.79. The van der Waals surface area contributed by atoms with Gasteiger partial charge in [0, 0.05) is 56.7 Å². The number of carbonyl (C=O) groups excluding carboxylic acids is 5. The van der Waals surface area contributed by atoms with Crippen molar-refractivity contribution in [3.8, 4) is 0 Å². The zero-order valence-corrected chi connectivity index (χ0v) is 45.5. The van der Waals surface area contributed by atoms with Crippen LogP contribution in [0, 0.1) is 0 Å². The molecule has 0 aliphatic carbocycles. The molecule has 1 N–H and O–H groups in total. The van der Waals surface area contributed by atoms with Crippen LogP contribution in [0.3, 0.4) is 0 Å². The minimum absolute atomic E-state index is 0.00463. The molecular weight excluding hydrogens is 873 g/mol. The predicted molar refractivity (Wildman–Crippen MR) is 283 cm³/mol. The van der Waals surface area contributed by atoms with E-state index in [-0.39, 0.29) is 29.2 Å². The van der Waals surface area contributed by atoms with E-state index >= 15 is 0 Å². The summed E-state index contributed by atoms with van der Waals surface area (Å²) in [5.74, 6) is 1.75. The van der Waals surface area contributed by atoms with Gasteiger partial charge in [0.05, 0.1) is 7.11 Å². The van der Waals surface area contributed by atoms with Crippen molar-refractivity contribution < 1.29 is 28.7 Å². The van der Waals surface area contributed by atoms with Crippen LogP contribution in [-0.4, -0.2) is 102 Å². The summed E-state index contributed by atoms with van der Waals surface area (Å²) < 4.78 is 6.53. The first kappa shape index (κ1) is 79.4. The lowest BCUT2D eigenvalue weighted by Gasteiger charge is -2.02. The number of ether oxygens (including phenoxy) is 1. The van der Waals surface area contributed by atoms with Gasteiger partial charge in [0.15, 0.2) is 5.05 Å². The third-order valence-electron chi connectivity index (χ3n) is 3.20. The van der Waals surface area contributed by atoms with E-state index in [0.717, 1.165) is 34.3 Å². The van der Waals surface area contributed by atoms with Crippen LogP contribution in [-0.2, 0) is 35.1 Å². The van der Waals surface area contributed by atoms with Crippen LogP contribution in [0.1, 0.15) is 123 Å². The first-order valence-electron chi connectivity index (χ1n) is 17.2. The number of amides is 2. The number of methoxy groups -OCH3 is 1. The molecule has 1 aromatic carbocycles. The van der Waals surface area contributed by atoms with E-state index in [1.165, 1.54) is 46.4 Å². The second-order valence-electron chi connectivity index (χ2n) is 11.4. The lowest BCUT2D eigenvalue weighted by atomic mass is 10.1. The fourth-order valence-electron chi connectivity index (χ4n) is 1.09. The molecule has 0 fully saturated rings. The molecule has 0 radical (unpaired) electrons. The van der Waals surface area contributed by atoms with E-state index in [1.54, 1.807) is 65.6 Å². The molecule has 0 aliphatic rings. The van der Waals surface area contributed by atoms with E-state index in [0.29, 0.717) is 11.5 Å². The highest BCUT2D eigenvalue weighted by Crippen LogP contribution is 2.00. The normalized spacial score (nSPS) is 7.47. The minimum atomic E-state index is 0.00463. The van der Waals surface area contributed by atoms with Gasteiger partial charge in [-0.1, -0.05) is 98.3 Å². The molecule has 0 saturated heterocycles. The predicted octanol–water partition coefficient (Wildman–Crippen LogP) is 11.8. The van der Waals surface area contributed by atoms with Crippen molar-refractivity contribution in [2.45, 2.75) is 124 Å². The van der Waals surface area contributed by atoms with Crippen molar-refractivity contribution in [2.24, 2.45) is 0 Å². The molecule has 0 saturated carbocycles. The number of ketones is 3. The first-order valence-corrected chi connectivity index (χ1v) is 21.8. The molecule has 0 heterocycles. The van der Waals surface area contributed by atoms with E-state index in [9.17, 15) is 24.0 Å². The van der Waals surface area contributed by atoms with E-state index in [1.807, 2.05) is 92.0 Å².